The number of aliphatic hydroxyl groups is 1. The highest BCUT2D eigenvalue weighted by Crippen LogP contribution is 2.23. The molecule has 1 aromatic heterocycles. The second-order valence-corrected chi connectivity index (χ2v) is 3.44. The summed E-state index contributed by atoms with van der Waals surface area (Å²) in [5.74, 6) is 1.22. The molecule has 0 radical (unpaired) electrons. The lowest BCUT2D eigenvalue weighted by atomic mass is 10.1. The monoisotopic (exact) mass is 183 g/mol. The number of rotatable bonds is 2. The molecule has 1 N–H and O–H groups in total. The molecule has 1 aliphatic heterocycles. The van der Waals surface area contributed by atoms with Gasteiger partial charge < -0.3 is 9.52 Å². The minimum Gasteiger partial charge on any atom is -0.424 e. The van der Waals surface area contributed by atoms with Crippen molar-refractivity contribution in [3.63, 3.8) is 0 Å². The Bertz CT molecular complexity index is 293. The van der Waals surface area contributed by atoms with Gasteiger partial charge in [-0.2, -0.15) is 0 Å². The summed E-state index contributed by atoms with van der Waals surface area (Å²) in [6.07, 6.45) is -0.188. The summed E-state index contributed by atoms with van der Waals surface area (Å²) >= 11 is 0. The topological polar surface area (TPSA) is 62.4 Å². The van der Waals surface area contributed by atoms with Crippen LogP contribution < -0.4 is 0 Å². The first-order valence-electron chi connectivity index (χ1n) is 4.39. The molecule has 72 valence electrons. The van der Waals surface area contributed by atoms with Crippen molar-refractivity contribution in [3.05, 3.63) is 11.8 Å². The summed E-state index contributed by atoms with van der Waals surface area (Å²) in [5, 5.41) is 16.8. The lowest BCUT2D eigenvalue weighted by Crippen LogP contribution is -2.51. The predicted molar refractivity (Wildman–Crippen MR) is 45.0 cm³/mol. The van der Waals surface area contributed by atoms with Crippen molar-refractivity contribution in [2.75, 3.05) is 13.1 Å². The van der Waals surface area contributed by atoms with Crippen molar-refractivity contribution >= 4 is 0 Å². The van der Waals surface area contributed by atoms with Gasteiger partial charge >= 0.3 is 0 Å². The van der Waals surface area contributed by atoms with Gasteiger partial charge in [0.1, 0.15) is 0 Å². The Morgan fingerprint density at radius 3 is 2.69 bits per heavy atom. The molecule has 1 saturated heterocycles. The smallest absolute Gasteiger partial charge is 0.233 e. The van der Waals surface area contributed by atoms with Crippen LogP contribution >= 0.6 is 0 Å². The van der Waals surface area contributed by atoms with Crippen LogP contribution in [0.1, 0.15) is 24.7 Å². The maximum absolute atomic E-state index is 9.11. The van der Waals surface area contributed by atoms with E-state index in [2.05, 4.69) is 15.1 Å². The standard InChI is InChI=1S/C8H13N3O2/c1-5(11-3-7(12)4-11)8-10-9-6(2)13-8/h5,7,12H,3-4H2,1-2H3. The molecule has 1 fully saturated rings. The quantitative estimate of drug-likeness (QED) is 0.705. The van der Waals surface area contributed by atoms with E-state index in [1.54, 1.807) is 6.92 Å². The molecule has 1 aromatic rings. The van der Waals surface area contributed by atoms with Gasteiger partial charge in [-0.05, 0) is 6.92 Å². The van der Waals surface area contributed by atoms with Crippen molar-refractivity contribution in [1.82, 2.24) is 15.1 Å². The van der Waals surface area contributed by atoms with Gasteiger partial charge in [0.15, 0.2) is 0 Å². The SMILES string of the molecule is Cc1nnc(C(C)N2CC(O)C2)o1. The molecule has 2 heterocycles. The number of aryl methyl sites for hydroxylation is 1. The van der Waals surface area contributed by atoms with Crippen LogP contribution in [0.5, 0.6) is 0 Å². The van der Waals surface area contributed by atoms with Gasteiger partial charge in [0.25, 0.3) is 0 Å². The van der Waals surface area contributed by atoms with Crippen LogP contribution in [0.2, 0.25) is 0 Å². The molecule has 13 heavy (non-hydrogen) atoms. The number of likely N-dealkylation sites (tertiary alicyclic amines) is 1. The van der Waals surface area contributed by atoms with E-state index in [1.165, 1.54) is 0 Å². The highest BCUT2D eigenvalue weighted by Gasteiger charge is 2.31. The largest absolute Gasteiger partial charge is 0.424 e. The maximum atomic E-state index is 9.11. The molecule has 1 unspecified atom stereocenters. The van der Waals surface area contributed by atoms with E-state index in [1.807, 2.05) is 6.92 Å². The number of aromatic nitrogens is 2. The third-order valence-corrected chi connectivity index (χ3v) is 2.34. The molecule has 0 bridgehead atoms. The van der Waals surface area contributed by atoms with E-state index in [9.17, 15) is 0 Å². The van der Waals surface area contributed by atoms with Crippen molar-refractivity contribution in [2.24, 2.45) is 0 Å². The van der Waals surface area contributed by atoms with Crippen LogP contribution in [-0.4, -0.2) is 39.4 Å². The van der Waals surface area contributed by atoms with Crippen LogP contribution in [0.3, 0.4) is 0 Å². The minimum atomic E-state index is -0.188. The summed E-state index contributed by atoms with van der Waals surface area (Å²) in [6, 6.07) is 0.115. The predicted octanol–water partition coefficient (Wildman–Crippen LogP) is 0.116. The number of hydrogen-bond donors (Lipinski definition) is 1. The molecular weight excluding hydrogens is 170 g/mol. The van der Waals surface area contributed by atoms with Crippen molar-refractivity contribution < 1.29 is 9.52 Å². The van der Waals surface area contributed by atoms with Gasteiger partial charge in [0, 0.05) is 20.0 Å². The molecule has 1 aliphatic rings. The van der Waals surface area contributed by atoms with Crippen LogP contribution in [0.25, 0.3) is 0 Å². The zero-order chi connectivity index (χ0) is 9.42. The van der Waals surface area contributed by atoms with Gasteiger partial charge in [0.05, 0.1) is 12.1 Å². The van der Waals surface area contributed by atoms with Gasteiger partial charge in [-0.1, -0.05) is 0 Å². The third kappa shape index (κ3) is 1.57. The number of aliphatic hydroxyl groups excluding tert-OH is 1. The van der Waals surface area contributed by atoms with Crippen molar-refractivity contribution in [1.29, 1.82) is 0 Å². The average molecular weight is 183 g/mol. The lowest BCUT2D eigenvalue weighted by molar-refractivity contribution is -0.0271. The zero-order valence-corrected chi connectivity index (χ0v) is 7.77. The number of β-amino-alcohol motifs (C(OH)–C–C–N with tert-alkyl or cyclic N) is 1. The molecule has 1 atom stereocenters. The Balaban J connectivity index is 2.01. The molecule has 0 saturated carbocycles. The van der Waals surface area contributed by atoms with E-state index in [-0.39, 0.29) is 12.1 Å². The third-order valence-electron chi connectivity index (χ3n) is 2.34. The summed E-state index contributed by atoms with van der Waals surface area (Å²) in [5.41, 5.74) is 0. The molecule has 2 rings (SSSR count). The number of nitrogens with zero attached hydrogens (tertiary/aromatic N) is 3. The fraction of sp³-hybridized carbons (Fsp3) is 0.750. The van der Waals surface area contributed by atoms with Gasteiger partial charge in [0.2, 0.25) is 11.8 Å². The first-order chi connectivity index (χ1) is 6.16. The first kappa shape index (κ1) is 8.65. The maximum Gasteiger partial charge on any atom is 0.233 e. The summed E-state index contributed by atoms with van der Waals surface area (Å²) in [7, 11) is 0. The Morgan fingerprint density at radius 2 is 2.23 bits per heavy atom. The van der Waals surface area contributed by atoms with E-state index in [0.29, 0.717) is 24.9 Å². The first-order valence-corrected chi connectivity index (χ1v) is 4.39. The Morgan fingerprint density at radius 1 is 1.54 bits per heavy atom. The van der Waals surface area contributed by atoms with E-state index >= 15 is 0 Å². The highest BCUT2D eigenvalue weighted by atomic mass is 16.4. The molecule has 0 amide bonds. The Kier molecular flexibility index (Phi) is 2.05. The molecule has 0 spiro atoms. The average Bonchev–Trinajstić information content (AvgIpc) is 2.45. The zero-order valence-electron chi connectivity index (χ0n) is 7.77. The van der Waals surface area contributed by atoms with Gasteiger partial charge in [-0.15, -0.1) is 10.2 Å². The Labute approximate surface area is 76.4 Å². The second kappa shape index (κ2) is 3.08. The van der Waals surface area contributed by atoms with Crippen molar-refractivity contribution in [2.45, 2.75) is 26.0 Å². The van der Waals surface area contributed by atoms with Crippen molar-refractivity contribution in [3.8, 4) is 0 Å². The Hall–Kier alpha value is -0.940. The van der Waals surface area contributed by atoms with Crippen LogP contribution in [0.4, 0.5) is 0 Å². The normalized spacial score (nSPS) is 21.5. The van der Waals surface area contributed by atoms with E-state index in [4.69, 9.17) is 9.52 Å². The summed E-state index contributed by atoms with van der Waals surface area (Å²) < 4.78 is 5.29. The lowest BCUT2D eigenvalue weighted by Gasteiger charge is -2.38. The van der Waals surface area contributed by atoms with Crippen LogP contribution in [0, 0.1) is 6.92 Å². The van der Waals surface area contributed by atoms with E-state index < -0.39 is 0 Å². The molecule has 0 aliphatic carbocycles. The summed E-state index contributed by atoms with van der Waals surface area (Å²) in [4.78, 5) is 2.09. The molecular formula is C8H13N3O2. The molecule has 5 heteroatoms. The number of hydrogen-bond acceptors (Lipinski definition) is 5. The fourth-order valence-corrected chi connectivity index (χ4v) is 1.44. The summed E-state index contributed by atoms with van der Waals surface area (Å²) in [6.45, 7) is 5.16. The molecule has 5 nitrogen and oxygen atoms in total. The second-order valence-electron chi connectivity index (χ2n) is 3.44. The van der Waals surface area contributed by atoms with Gasteiger partial charge in [-0.25, -0.2) is 0 Å². The van der Waals surface area contributed by atoms with Gasteiger partial charge in [-0.3, -0.25) is 4.90 Å². The molecule has 0 aromatic carbocycles. The minimum absolute atomic E-state index is 0.115. The highest BCUT2D eigenvalue weighted by molar-refractivity contribution is 4.93. The van der Waals surface area contributed by atoms with Crippen LogP contribution in [-0.2, 0) is 0 Å². The van der Waals surface area contributed by atoms with E-state index in [0.717, 1.165) is 0 Å². The fourth-order valence-electron chi connectivity index (χ4n) is 1.44. The van der Waals surface area contributed by atoms with Crippen LogP contribution in [0.15, 0.2) is 4.42 Å².